The molecule has 1 amide bonds. The quantitative estimate of drug-likeness (QED) is 0.547. The first-order valence-corrected chi connectivity index (χ1v) is 12.2. The number of rotatable bonds is 5. The van der Waals surface area contributed by atoms with E-state index in [-0.39, 0.29) is 40.0 Å². The Kier molecular flexibility index (Phi) is 6.79. The number of nitrogens with zero attached hydrogens (tertiary/aromatic N) is 3. The van der Waals surface area contributed by atoms with Crippen LogP contribution in [0, 0.1) is 5.92 Å². The first-order chi connectivity index (χ1) is 15.7. The van der Waals surface area contributed by atoms with E-state index < -0.39 is 22.2 Å². The van der Waals surface area contributed by atoms with Crippen LogP contribution in [0.15, 0.2) is 43.7 Å². The summed E-state index contributed by atoms with van der Waals surface area (Å²) in [4.78, 5) is 13.7. The van der Waals surface area contributed by atoms with Crippen LogP contribution in [0.25, 0.3) is 0 Å². The van der Waals surface area contributed by atoms with Gasteiger partial charge in [-0.2, -0.15) is 8.42 Å². The highest BCUT2D eigenvalue weighted by Gasteiger charge is 2.31. The Labute approximate surface area is 200 Å². The van der Waals surface area contributed by atoms with E-state index in [1.54, 1.807) is 26.4 Å². The van der Waals surface area contributed by atoms with Gasteiger partial charge in [0, 0.05) is 14.1 Å². The second kappa shape index (κ2) is 9.13. The molecule has 2 heterocycles. The van der Waals surface area contributed by atoms with Crippen molar-refractivity contribution in [2.45, 2.75) is 46.1 Å². The van der Waals surface area contributed by atoms with Crippen LogP contribution in [0.1, 0.15) is 62.3 Å². The minimum Gasteiger partial charge on any atom is -0.505 e. The molecule has 0 bridgehead atoms. The largest absolute Gasteiger partial charge is 0.505 e. The highest BCUT2D eigenvalue weighted by molar-refractivity contribution is 7.89. The van der Waals surface area contributed by atoms with Crippen molar-refractivity contribution in [2.75, 3.05) is 19.4 Å². The molecule has 0 unspecified atom stereocenters. The highest BCUT2D eigenvalue weighted by atomic mass is 32.2. The molecule has 0 fully saturated rings. The Balaban J connectivity index is 1.92. The Morgan fingerprint density at radius 3 is 2.35 bits per heavy atom. The number of carbonyl (C=O) groups is 1. The maximum absolute atomic E-state index is 12.3. The van der Waals surface area contributed by atoms with Crippen LogP contribution < -0.4 is 10.6 Å². The van der Waals surface area contributed by atoms with E-state index in [1.165, 1.54) is 17.0 Å². The number of amidine groups is 2. The van der Waals surface area contributed by atoms with Gasteiger partial charge in [0.1, 0.15) is 5.76 Å². The molecular weight excluding hydrogens is 458 g/mol. The number of hydrogen-bond acceptors (Lipinski definition) is 7. The smallest absolute Gasteiger partial charge is 0.367 e. The van der Waals surface area contributed by atoms with Crippen molar-refractivity contribution < 1.29 is 22.7 Å². The van der Waals surface area contributed by atoms with Crippen LogP contribution >= 0.6 is 0 Å². The van der Waals surface area contributed by atoms with Crippen molar-refractivity contribution in [3.63, 3.8) is 0 Å². The monoisotopic (exact) mass is 489 g/mol. The first kappa shape index (κ1) is 25.3. The van der Waals surface area contributed by atoms with E-state index in [2.05, 4.69) is 40.2 Å². The van der Waals surface area contributed by atoms with Gasteiger partial charge in [-0.1, -0.05) is 40.7 Å². The van der Waals surface area contributed by atoms with Gasteiger partial charge in [0.2, 0.25) is 0 Å². The van der Waals surface area contributed by atoms with Crippen molar-refractivity contribution in [2.24, 2.45) is 14.7 Å². The van der Waals surface area contributed by atoms with E-state index >= 15 is 0 Å². The minimum atomic E-state index is -4.13. The molecule has 11 heteroatoms. The Morgan fingerprint density at radius 2 is 1.79 bits per heavy atom. The van der Waals surface area contributed by atoms with E-state index in [9.17, 15) is 18.3 Å². The molecule has 1 aliphatic heterocycles. The topological polar surface area (TPSA) is 137 Å². The maximum atomic E-state index is 12.3. The molecular formula is C23H31N5O5S. The number of phenolic OH excluding ortho intramolecular Hbond substituents is 1. The zero-order valence-corrected chi connectivity index (χ0v) is 21.2. The third kappa shape index (κ3) is 5.41. The van der Waals surface area contributed by atoms with Crippen LogP contribution in [0.3, 0.4) is 0 Å². The molecule has 1 aromatic carbocycles. The molecule has 0 spiro atoms. The van der Waals surface area contributed by atoms with E-state index in [4.69, 9.17) is 4.42 Å². The maximum Gasteiger partial charge on any atom is 0.367 e. The third-order valence-corrected chi connectivity index (χ3v) is 6.14. The lowest BCUT2D eigenvalue weighted by Crippen LogP contribution is -2.38. The summed E-state index contributed by atoms with van der Waals surface area (Å²) in [6, 6.07) is 6.09. The van der Waals surface area contributed by atoms with Crippen molar-refractivity contribution in [3.05, 3.63) is 47.4 Å². The number of anilines is 1. The number of furan rings is 1. The zero-order chi connectivity index (χ0) is 25.4. The molecule has 1 aliphatic rings. The summed E-state index contributed by atoms with van der Waals surface area (Å²) in [5.74, 6) is -0.196. The van der Waals surface area contributed by atoms with Crippen molar-refractivity contribution in [3.8, 4) is 5.75 Å². The van der Waals surface area contributed by atoms with Crippen LogP contribution in [0.5, 0.6) is 5.75 Å². The molecule has 184 valence electrons. The highest BCUT2D eigenvalue weighted by Crippen LogP contribution is 2.31. The number of nitrogens with one attached hydrogen (secondary N) is 2. The summed E-state index contributed by atoms with van der Waals surface area (Å²) in [7, 11) is -0.995. The fourth-order valence-corrected chi connectivity index (χ4v) is 4.10. The van der Waals surface area contributed by atoms with Crippen LogP contribution in [-0.4, -0.2) is 50.1 Å². The minimum absolute atomic E-state index is 0.0145. The van der Waals surface area contributed by atoms with E-state index in [0.717, 1.165) is 5.56 Å². The van der Waals surface area contributed by atoms with Gasteiger partial charge >= 0.3 is 10.2 Å². The summed E-state index contributed by atoms with van der Waals surface area (Å²) in [5, 5.41) is 16.5. The number of carbonyl (C=O) groups excluding carboxylic acids is 1. The molecule has 3 rings (SSSR count). The number of para-hydroxylation sites is 1. The molecule has 3 N–H and O–H groups in total. The molecule has 0 saturated heterocycles. The van der Waals surface area contributed by atoms with Gasteiger partial charge < -0.3 is 25.1 Å². The van der Waals surface area contributed by atoms with Gasteiger partial charge in [-0.15, -0.1) is 8.80 Å². The Bertz CT molecular complexity index is 1250. The summed E-state index contributed by atoms with van der Waals surface area (Å²) >= 11 is 0. The lowest BCUT2D eigenvalue weighted by molar-refractivity contribution is 0.0824. The standard InChI is InChI=1S/C23H31N5O5S/c1-13(2)18(17-11-14(12-33-17)23(3,4)5)25-21-20(26-34(31,32)27-21)24-16-10-8-9-15(19(16)29)22(30)28(6)7/h8-13,18,29H,1-7H3,(H,24,26)(H,25,27)/t18-/m1/s1. The molecule has 0 radical (unpaired) electrons. The second-order valence-electron chi connectivity index (χ2n) is 9.71. The average Bonchev–Trinajstić information content (AvgIpc) is 3.31. The molecule has 1 atom stereocenters. The summed E-state index contributed by atoms with van der Waals surface area (Å²) in [6.07, 6.45) is 1.69. The predicted molar refractivity (Wildman–Crippen MR) is 132 cm³/mol. The third-order valence-electron chi connectivity index (χ3n) is 5.31. The lowest BCUT2D eigenvalue weighted by Gasteiger charge is -2.22. The summed E-state index contributed by atoms with van der Waals surface area (Å²) in [5.41, 5.74) is 1.08. The number of hydrogen-bond donors (Lipinski definition) is 3. The molecule has 10 nitrogen and oxygen atoms in total. The van der Waals surface area contributed by atoms with Crippen molar-refractivity contribution in [1.29, 1.82) is 0 Å². The Hall–Kier alpha value is -3.34. The SMILES string of the molecule is CC(C)[C@@H](NC1=NS(=O)(=O)N=C1Nc1cccc(C(=O)N(C)C)c1O)c1cc(C(C)(C)C)co1. The molecule has 0 saturated carbocycles. The average molecular weight is 490 g/mol. The normalized spacial score (nSPS) is 16.1. The predicted octanol–water partition coefficient (Wildman–Crippen LogP) is 3.44. The van der Waals surface area contributed by atoms with E-state index in [0.29, 0.717) is 5.76 Å². The number of amides is 1. The first-order valence-electron chi connectivity index (χ1n) is 10.8. The van der Waals surface area contributed by atoms with Gasteiger partial charge in [0.25, 0.3) is 5.91 Å². The summed E-state index contributed by atoms with van der Waals surface area (Å²) < 4.78 is 37.6. The summed E-state index contributed by atoms with van der Waals surface area (Å²) in [6.45, 7) is 10.1. The lowest BCUT2D eigenvalue weighted by atomic mass is 9.88. The number of benzene rings is 1. The zero-order valence-electron chi connectivity index (χ0n) is 20.4. The fourth-order valence-electron chi connectivity index (χ4n) is 3.32. The molecule has 0 aliphatic carbocycles. The van der Waals surface area contributed by atoms with Gasteiger partial charge in [-0.25, -0.2) is 0 Å². The van der Waals surface area contributed by atoms with Crippen LogP contribution in [0.2, 0.25) is 0 Å². The van der Waals surface area contributed by atoms with Gasteiger partial charge in [0.15, 0.2) is 17.4 Å². The second-order valence-corrected chi connectivity index (χ2v) is 11.0. The van der Waals surface area contributed by atoms with E-state index in [1.807, 2.05) is 19.9 Å². The molecule has 2 aromatic rings. The number of phenols is 1. The fraction of sp³-hybridized carbons (Fsp3) is 0.435. The van der Waals surface area contributed by atoms with Crippen molar-refractivity contribution >= 4 is 33.5 Å². The molecule has 1 aromatic heterocycles. The van der Waals surface area contributed by atoms with Gasteiger partial charge in [-0.3, -0.25) is 4.79 Å². The van der Waals surface area contributed by atoms with Crippen molar-refractivity contribution in [1.82, 2.24) is 10.2 Å². The molecule has 34 heavy (non-hydrogen) atoms. The van der Waals surface area contributed by atoms with Crippen LogP contribution in [-0.2, 0) is 15.6 Å². The van der Waals surface area contributed by atoms with Gasteiger partial charge in [0.05, 0.1) is 23.6 Å². The Morgan fingerprint density at radius 1 is 1.15 bits per heavy atom. The number of aromatic hydroxyl groups is 1. The van der Waals surface area contributed by atoms with Crippen LogP contribution in [0.4, 0.5) is 5.69 Å². The van der Waals surface area contributed by atoms with Gasteiger partial charge in [-0.05, 0) is 35.1 Å².